The summed E-state index contributed by atoms with van der Waals surface area (Å²) in [6, 6.07) is -0.0181. The number of aromatic nitrogens is 3. The topological polar surface area (TPSA) is 76.9 Å². The molecular weight excluding hydrogens is 324 g/mol. The van der Waals surface area contributed by atoms with Crippen LogP contribution in [0.15, 0.2) is 0 Å². The number of nitrogens with one attached hydrogen (secondary N) is 1. The lowest BCUT2D eigenvalue weighted by atomic mass is 9.97. The van der Waals surface area contributed by atoms with Gasteiger partial charge in [0.05, 0.1) is 28.0 Å². The van der Waals surface area contributed by atoms with Crippen LogP contribution in [0.3, 0.4) is 0 Å². The lowest BCUT2D eigenvalue weighted by Crippen LogP contribution is -2.34. The molecule has 0 saturated heterocycles. The smallest absolute Gasteiger partial charge is 0.242 e. The zero-order chi connectivity index (χ0) is 17.4. The Kier molecular flexibility index (Phi) is 4.54. The van der Waals surface area contributed by atoms with Crippen LogP contribution in [0.4, 0.5) is 0 Å². The molecule has 1 amide bonds. The van der Waals surface area contributed by atoms with E-state index in [4.69, 9.17) is 0 Å². The molecule has 0 bridgehead atoms. The van der Waals surface area contributed by atoms with Gasteiger partial charge in [-0.3, -0.25) is 14.3 Å². The highest BCUT2D eigenvalue weighted by Gasteiger charge is 2.26. The van der Waals surface area contributed by atoms with Crippen molar-refractivity contribution in [3.8, 4) is 0 Å². The third-order valence-corrected chi connectivity index (χ3v) is 5.47. The number of fused-ring (bicyclic) bond motifs is 1. The summed E-state index contributed by atoms with van der Waals surface area (Å²) in [4.78, 5) is 30.0. The number of nitrogens with zero attached hydrogens (tertiary/aromatic N) is 3. The zero-order valence-corrected chi connectivity index (χ0v) is 15.3. The monoisotopic (exact) mass is 346 g/mol. The highest BCUT2D eigenvalue weighted by molar-refractivity contribution is 7.11. The van der Waals surface area contributed by atoms with Crippen LogP contribution in [0.1, 0.15) is 63.1 Å². The molecular formula is C17H22N4O2S. The number of hydrogen-bond donors (Lipinski definition) is 1. The maximum absolute atomic E-state index is 12.5. The molecule has 1 aliphatic rings. The summed E-state index contributed by atoms with van der Waals surface area (Å²) >= 11 is 1.72. The number of Topliss-reactive ketones (excluding diaryl/α,β-unsaturated/α-hetero) is 1. The predicted molar refractivity (Wildman–Crippen MR) is 92.4 cm³/mol. The Morgan fingerprint density at radius 1 is 1.33 bits per heavy atom. The second-order valence-corrected chi connectivity index (χ2v) is 7.60. The number of amides is 1. The van der Waals surface area contributed by atoms with Crippen LogP contribution >= 0.6 is 11.3 Å². The van der Waals surface area contributed by atoms with E-state index >= 15 is 0 Å². The summed E-state index contributed by atoms with van der Waals surface area (Å²) in [6.45, 7) is 7.27. The van der Waals surface area contributed by atoms with Gasteiger partial charge in [0, 0.05) is 10.6 Å². The van der Waals surface area contributed by atoms with E-state index in [1.54, 1.807) is 22.9 Å². The Hall–Kier alpha value is -2.02. The summed E-state index contributed by atoms with van der Waals surface area (Å²) in [7, 11) is 0. The molecule has 0 radical (unpaired) electrons. The van der Waals surface area contributed by atoms with Gasteiger partial charge in [0.15, 0.2) is 5.78 Å². The lowest BCUT2D eigenvalue weighted by Gasteiger charge is -2.22. The number of carbonyl (C=O) groups is 2. The number of thiazole rings is 1. The Morgan fingerprint density at radius 3 is 2.75 bits per heavy atom. The van der Waals surface area contributed by atoms with Crippen molar-refractivity contribution >= 4 is 23.0 Å². The molecule has 2 heterocycles. The van der Waals surface area contributed by atoms with Crippen molar-refractivity contribution in [1.29, 1.82) is 0 Å². The molecule has 128 valence electrons. The fourth-order valence-electron chi connectivity index (χ4n) is 3.42. The molecule has 0 fully saturated rings. The summed E-state index contributed by atoms with van der Waals surface area (Å²) in [6.07, 6.45) is 3.03. The first-order valence-electron chi connectivity index (χ1n) is 8.17. The molecule has 2 aromatic rings. The van der Waals surface area contributed by atoms with Crippen molar-refractivity contribution in [2.45, 2.75) is 59.5 Å². The lowest BCUT2D eigenvalue weighted by molar-refractivity contribution is -0.122. The number of aryl methyl sites for hydroxylation is 3. The van der Waals surface area contributed by atoms with Gasteiger partial charge in [0.2, 0.25) is 5.91 Å². The van der Waals surface area contributed by atoms with Gasteiger partial charge in [-0.05, 0) is 47.0 Å². The fourth-order valence-corrected chi connectivity index (χ4v) is 4.46. The van der Waals surface area contributed by atoms with Crippen LogP contribution in [-0.4, -0.2) is 26.5 Å². The summed E-state index contributed by atoms with van der Waals surface area (Å²) < 4.78 is 1.61. The van der Waals surface area contributed by atoms with E-state index in [2.05, 4.69) is 15.4 Å². The minimum Gasteiger partial charge on any atom is -0.346 e. The van der Waals surface area contributed by atoms with Gasteiger partial charge in [-0.2, -0.15) is 5.10 Å². The Balaban J connectivity index is 1.73. The van der Waals surface area contributed by atoms with Crippen molar-refractivity contribution in [2.75, 3.05) is 0 Å². The van der Waals surface area contributed by atoms with E-state index in [0.717, 1.165) is 35.7 Å². The predicted octanol–water partition coefficient (Wildman–Crippen LogP) is 2.66. The minimum absolute atomic E-state index is 0.0181. The zero-order valence-electron chi connectivity index (χ0n) is 14.5. The second-order valence-electron chi connectivity index (χ2n) is 6.31. The quantitative estimate of drug-likeness (QED) is 0.864. The molecule has 1 N–H and O–H groups in total. The summed E-state index contributed by atoms with van der Waals surface area (Å²) in [5.74, 6) is -0.120. The molecule has 0 aromatic carbocycles. The van der Waals surface area contributed by atoms with Crippen LogP contribution in [0.25, 0.3) is 0 Å². The number of rotatable bonds is 4. The molecule has 0 spiro atoms. The van der Waals surface area contributed by atoms with Crippen molar-refractivity contribution in [3.05, 3.63) is 32.5 Å². The van der Waals surface area contributed by atoms with Crippen LogP contribution in [0, 0.1) is 20.8 Å². The Morgan fingerprint density at radius 2 is 2.08 bits per heavy atom. The van der Waals surface area contributed by atoms with Gasteiger partial charge in [0.25, 0.3) is 0 Å². The van der Waals surface area contributed by atoms with Crippen LogP contribution in [0.5, 0.6) is 0 Å². The van der Waals surface area contributed by atoms with Crippen LogP contribution in [0.2, 0.25) is 0 Å². The fraction of sp³-hybridized carbons (Fsp3) is 0.529. The van der Waals surface area contributed by atoms with Gasteiger partial charge in [-0.1, -0.05) is 0 Å². The molecule has 1 atom stereocenters. The molecule has 0 aliphatic heterocycles. The van der Waals surface area contributed by atoms with Crippen molar-refractivity contribution < 1.29 is 9.59 Å². The van der Waals surface area contributed by atoms with E-state index in [9.17, 15) is 9.59 Å². The first-order chi connectivity index (χ1) is 11.4. The first-order valence-corrected chi connectivity index (χ1v) is 8.99. The molecule has 0 saturated carbocycles. The average molecular weight is 346 g/mol. The molecule has 0 unspecified atom stereocenters. The van der Waals surface area contributed by atoms with Gasteiger partial charge >= 0.3 is 0 Å². The van der Waals surface area contributed by atoms with E-state index in [-0.39, 0.29) is 24.3 Å². The third kappa shape index (κ3) is 3.13. The summed E-state index contributed by atoms with van der Waals surface area (Å²) in [5, 5.41) is 8.46. The number of carbonyl (C=O) groups excluding carboxylic acids is 2. The van der Waals surface area contributed by atoms with E-state index in [0.29, 0.717) is 11.3 Å². The average Bonchev–Trinajstić information content (AvgIpc) is 2.99. The number of ketones is 1. The second kappa shape index (κ2) is 6.47. The van der Waals surface area contributed by atoms with Crippen molar-refractivity contribution in [2.24, 2.45) is 0 Å². The standard InChI is InChI=1S/C17H22N4O2S/c1-9-16(11(3)22)10(2)21(20-9)8-15(23)19-13-6-5-7-14-17(13)18-12(4)24-14/h13H,5-8H2,1-4H3,(H,19,23)/t13-/m0/s1. The largest absolute Gasteiger partial charge is 0.346 e. The third-order valence-electron chi connectivity index (χ3n) is 4.42. The van der Waals surface area contributed by atoms with Gasteiger partial charge in [-0.15, -0.1) is 11.3 Å². The van der Waals surface area contributed by atoms with Gasteiger partial charge < -0.3 is 5.32 Å². The van der Waals surface area contributed by atoms with Gasteiger partial charge in [-0.25, -0.2) is 4.98 Å². The van der Waals surface area contributed by atoms with Crippen LogP contribution < -0.4 is 5.32 Å². The van der Waals surface area contributed by atoms with Crippen molar-refractivity contribution in [3.63, 3.8) is 0 Å². The molecule has 1 aliphatic carbocycles. The first kappa shape index (κ1) is 16.8. The Labute approximate surface area is 145 Å². The molecule has 3 rings (SSSR count). The number of hydrogen-bond acceptors (Lipinski definition) is 5. The highest BCUT2D eigenvalue weighted by atomic mass is 32.1. The summed E-state index contributed by atoms with van der Waals surface area (Å²) in [5.41, 5.74) is 3.04. The molecule has 2 aromatic heterocycles. The van der Waals surface area contributed by atoms with E-state index < -0.39 is 0 Å². The SMILES string of the molecule is CC(=O)c1c(C)nn(CC(=O)N[C@H]2CCCc3sc(C)nc32)c1C. The maximum Gasteiger partial charge on any atom is 0.242 e. The maximum atomic E-state index is 12.5. The van der Waals surface area contributed by atoms with Gasteiger partial charge in [0.1, 0.15) is 6.54 Å². The van der Waals surface area contributed by atoms with Crippen LogP contribution in [-0.2, 0) is 17.8 Å². The van der Waals surface area contributed by atoms with E-state index in [1.165, 1.54) is 11.8 Å². The molecule has 7 heteroatoms. The highest BCUT2D eigenvalue weighted by Crippen LogP contribution is 2.32. The minimum atomic E-state index is -0.0980. The van der Waals surface area contributed by atoms with E-state index in [1.807, 2.05) is 13.8 Å². The molecule has 6 nitrogen and oxygen atoms in total. The Bertz CT molecular complexity index is 806. The van der Waals surface area contributed by atoms with Crippen molar-refractivity contribution in [1.82, 2.24) is 20.1 Å². The molecule has 24 heavy (non-hydrogen) atoms. The normalized spacial score (nSPS) is 16.8.